The van der Waals surface area contributed by atoms with E-state index in [0.29, 0.717) is 4.90 Å². The van der Waals surface area contributed by atoms with Gasteiger partial charge >= 0.3 is 0 Å². The van der Waals surface area contributed by atoms with Crippen LogP contribution in [0.2, 0.25) is 0 Å². The van der Waals surface area contributed by atoms with Gasteiger partial charge in [0.05, 0.1) is 10.5 Å². The van der Waals surface area contributed by atoms with Crippen molar-refractivity contribution in [2.45, 2.75) is 9.92 Å². The van der Waals surface area contributed by atoms with Gasteiger partial charge < -0.3 is 10.9 Å². The third kappa shape index (κ3) is 3.45. The van der Waals surface area contributed by atoms with Gasteiger partial charge in [0.25, 0.3) is 5.69 Å². The average molecular weight is 308 g/mol. The molecule has 0 aliphatic carbocycles. The van der Waals surface area contributed by atoms with Crippen molar-refractivity contribution in [2.75, 3.05) is 0 Å². The molecule has 9 heteroatoms. The number of hydrogen-bond acceptors (Lipinski definition) is 6. The van der Waals surface area contributed by atoms with Gasteiger partial charge in [-0.3, -0.25) is 10.1 Å². The molecule has 0 aliphatic heterocycles. The molecule has 1 aromatic carbocycles. The SMILES string of the molecule is N/C(=N/O)c1cc([N+](=O)[O-])cnc1Sc1cccc(F)c1. The van der Waals surface area contributed by atoms with Crippen LogP contribution in [0.15, 0.2) is 51.6 Å². The van der Waals surface area contributed by atoms with E-state index in [-0.39, 0.29) is 22.1 Å². The van der Waals surface area contributed by atoms with E-state index >= 15 is 0 Å². The summed E-state index contributed by atoms with van der Waals surface area (Å²) in [4.78, 5) is 14.6. The molecule has 21 heavy (non-hydrogen) atoms. The lowest BCUT2D eigenvalue weighted by molar-refractivity contribution is -0.385. The number of hydrogen-bond donors (Lipinski definition) is 2. The molecule has 0 aliphatic rings. The smallest absolute Gasteiger partial charge is 0.288 e. The maximum Gasteiger partial charge on any atom is 0.288 e. The van der Waals surface area contributed by atoms with E-state index in [9.17, 15) is 14.5 Å². The number of nitrogens with two attached hydrogens (primary N) is 1. The first-order valence-electron chi connectivity index (χ1n) is 5.57. The van der Waals surface area contributed by atoms with E-state index in [2.05, 4.69) is 10.1 Å². The van der Waals surface area contributed by atoms with Crippen LogP contribution in [-0.2, 0) is 0 Å². The molecule has 0 bridgehead atoms. The van der Waals surface area contributed by atoms with Gasteiger partial charge in [0.2, 0.25) is 0 Å². The molecule has 0 spiro atoms. The van der Waals surface area contributed by atoms with Gasteiger partial charge in [0.1, 0.15) is 17.0 Å². The second-order valence-corrected chi connectivity index (χ2v) is 4.91. The van der Waals surface area contributed by atoms with Crippen molar-refractivity contribution in [3.63, 3.8) is 0 Å². The summed E-state index contributed by atoms with van der Waals surface area (Å²) in [5.74, 6) is -0.739. The van der Waals surface area contributed by atoms with Gasteiger partial charge in [-0.1, -0.05) is 23.0 Å². The van der Waals surface area contributed by atoms with E-state index in [1.54, 1.807) is 6.07 Å². The molecule has 0 unspecified atom stereocenters. The number of amidine groups is 1. The Balaban J connectivity index is 2.45. The summed E-state index contributed by atoms with van der Waals surface area (Å²) in [6.45, 7) is 0. The first-order chi connectivity index (χ1) is 10.0. The van der Waals surface area contributed by atoms with Gasteiger partial charge in [-0.25, -0.2) is 9.37 Å². The van der Waals surface area contributed by atoms with Gasteiger partial charge in [-0.2, -0.15) is 0 Å². The monoisotopic (exact) mass is 308 g/mol. The Kier molecular flexibility index (Phi) is 4.33. The van der Waals surface area contributed by atoms with Gasteiger partial charge in [0, 0.05) is 11.0 Å². The molecule has 0 saturated heterocycles. The molecule has 2 rings (SSSR count). The Labute approximate surface area is 122 Å². The number of aromatic nitrogens is 1. The second kappa shape index (κ2) is 6.18. The normalized spacial score (nSPS) is 11.4. The summed E-state index contributed by atoms with van der Waals surface area (Å²) in [5.41, 5.74) is 5.30. The Morgan fingerprint density at radius 3 is 2.86 bits per heavy atom. The summed E-state index contributed by atoms with van der Waals surface area (Å²) in [6.07, 6.45) is 1.05. The van der Waals surface area contributed by atoms with Crippen molar-refractivity contribution < 1.29 is 14.5 Å². The van der Waals surface area contributed by atoms with E-state index < -0.39 is 10.7 Å². The third-order valence-electron chi connectivity index (χ3n) is 2.44. The van der Waals surface area contributed by atoms with Crippen molar-refractivity contribution in [1.82, 2.24) is 4.98 Å². The van der Waals surface area contributed by atoms with E-state index in [4.69, 9.17) is 10.9 Å². The van der Waals surface area contributed by atoms with Crippen LogP contribution in [0, 0.1) is 15.9 Å². The molecule has 1 aromatic heterocycles. The molecule has 0 fully saturated rings. The zero-order valence-electron chi connectivity index (χ0n) is 10.4. The number of benzene rings is 1. The molecule has 0 amide bonds. The molecule has 0 saturated carbocycles. The fourth-order valence-corrected chi connectivity index (χ4v) is 2.42. The molecular weight excluding hydrogens is 299 g/mol. The topological polar surface area (TPSA) is 115 Å². The van der Waals surface area contributed by atoms with Crippen molar-refractivity contribution in [2.24, 2.45) is 10.9 Å². The minimum Gasteiger partial charge on any atom is -0.409 e. The van der Waals surface area contributed by atoms with Crippen LogP contribution in [0.4, 0.5) is 10.1 Å². The molecule has 2 aromatic rings. The number of oxime groups is 1. The zero-order chi connectivity index (χ0) is 15.4. The second-order valence-electron chi connectivity index (χ2n) is 3.85. The van der Waals surface area contributed by atoms with Crippen LogP contribution in [0.1, 0.15) is 5.56 Å². The van der Waals surface area contributed by atoms with Crippen molar-refractivity contribution >= 4 is 23.3 Å². The minimum atomic E-state index is -0.641. The van der Waals surface area contributed by atoms with Gasteiger partial charge in [-0.05, 0) is 18.2 Å². The summed E-state index contributed by atoms with van der Waals surface area (Å²) in [6, 6.07) is 6.88. The Hall–Kier alpha value is -2.68. The predicted octanol–water partition coefficient (Wildman–Crippen LogP) is 2.37. The lowest BCUT2D eigenvalue weighted by Gasteiger charge is -2.06. The minimum absolute atomic E-state index is 0.0981. The van der Waals surface area contributed by atoms with Crippen LogP contribution in [0.5, 0.6) is 0 Å². The maximum absolute atomic E-state index is 13.2. The lowest BCUT2D eigenvalue weighted by atomic mass is 10.2. The fourth-order valence-electron chi connectivity index (χ4n) is 1.50. The van der Waals surface area contributed by atoms with Crippen LogP contribution in [0.3, 0.4) is 0 Å². The highest BCUT2D eigenvalue weighted by Gasteiger charge is 2.16. The molecule has 0 radical (unpaired) electrons. The van der Waals surface area contributed by atoms with Gasteiger partial charge in [-0.15, -0.1) is 0 Å². The third-order valence-corrected chi connectivity index (χ3v) is 3.45. The molecule has 108 valence electrons. The van der Waals surface area contributed by atoms with E-state index in [1.807, 2.05) is 0 Å². The van der Waals surface area contributed by atoms with Crippen LogP contribution in [-0.4, -0.2) is 21.0 Å². The van der Waals surface area contributed by atoms with E-state index in [1.165, 1.54) is 18.2 Å². The number of halogens is 1. The van der Waals surface area contributed by atoms with Crippen LogP contribution >= 0.6 is 11.8 Å². The molecule has 0 atom stereocenters. The number of nitrogens with zero attached hydrogens (tertiary/aromatic N) is 3. The van der Waals surface area contributed by atoms with Crippen LogP contribution in [0.25, 0.3) is 0 Å². The number of nitro groups is 1. The number of pyridine rings is 1. The Bertz CT molecular complexity index is 723. The fraction of sp³-hybridized carbons (Fsp3) is 0. The highest BCUT2D eigenvalue weighted by molar-refractivity contribution is 7.99. The molecule has 3 N–H and O–H groups in total. The van der Waals surface area contributed by atoms with Crippen molar-refractivity contribution in [3.05, 3.63) is 58.0 Å². The first kappa shape index (κ1) is 14.7. The van der Waals surface area contributed by atoms with Crippen molar-refractivity contribution in [3.8, 4) is 0 Å². The largest absolute Gasteiger partial charge is 0.409 e. The maximum atomic E-state index is 13.2. The van der Waals surface area contributed by atoms with Crippen LogP contribution < -0.4 is 5.73 Å². The summed E-state index contributed by atoms with van der Waals surface area (Å²) < 4.78 is 13.2. The Morgan fingerprint density at radius 2 is 2.24 bits per heavy atom. The first-order valence-corrected chi connectivity index (χ1v) is 6.38. The predicted molar refractivity (Wildman–Crippen MR) is 73.9 cm³/mol. The quantitative estimate of drug-likeness (QED) is 0.294. The summed E-state index contributed by atoms with van der Waals surface area (Å²) in [5, 5.41) is 22.6. The van der Waals surface area contributed by atoms with Crippen molar-refractivity contribution in [1.29, 1.82) is 0 Å². The Morgan fingerprint density at radius 1 is 1.48 bits per heavy atom. The zero-order valence-corrected chi connectivity index (χ0v) is 11.2. The average Bonchev–Trinajstić information content (AvgIpc) is 2.46. The summed E-state index contributed by atoms with van der Waals surface area (Å²) >= 11 is 1.05. The highest BCUT2D eigenvalue weighted by atomic mass is 32.2. The molecule has 1 heterocycles. The highest BCUT2D eigenvalue weighted by Crippen LogP contribution is 2.30. The standard InChI is InChI=1S/C12H9FN4O3S/c13-7-2-1-3-9(4-7)21-12-10(11(14)16-18)5-8(6-15-12)17(19)20/h1-6,18H,(H2,14,16). The summed E-state index contributed by atoms with van der Waals surface area (Å²) in [7, 11) is 0. The van der Waals surface area contributed by atoms with Gasteiger partial charge in [0.15, 0.2) is 5.84 Å². The van der Waals surface area contributed by atoms with E-state index in [0.717, 1.165) is 24.0 Å². The number of rotatable bonds is 4. The molecular formula is C12H9FN4O3S. The lowest BCUT2D eigenvalue weighted by Crippen LogP contribution is -2.15. The molecule has 7 nitrogen and oxygen atoms in total.